The number of nitrogens with zero attached hydrogens (tertiary/aromatic N) is 3. The van der Waals surface area contributed by atoms with Crippen molar-refractivity contribution >= 4 is 17.2 Å². The molecular formula is C19H21FN4O2S. The maximum absolute atomic E-state index is 13.3. The molecule has 27 heavy (non-hydrogen) atoms. The minimum absolute atomic E-state index is 0.0679. The van der Waals surface area contributed by atoms with E-state index in [-0.39, 0.29) is 23.1 Å². The quantitative estimate of drug-likeness (QED) is 0.677. The van der Waals surface area contributed by atoms with Gasteiger partial charge >= 0.3 is 4.87 Å². The second-order valence-electron chi connectivity index (χ2n) is 6.44. The number of hydrogen-bond acceptors (Lipinski definition) is 4. The molecule has 0 spiro atoms. The minimum atomic E-state index is -0.294. The fraction of sp³-hybridized carbons (Fsp3) is 0.316. The number of aryl methyl sites for hydroxylation is 2. The molecule has 2 aromatic heterocycles. The predicted octanol–water partition coefficient (Wildman–Crippen LogP) is 2.84. The first-order valence-corrected chi connectivity index (χ1v) is 9.51. The summed E-state index contributed by atoms with van der Waals surface area (Å²) in [5.74, 6) is -0.388. The molecule has 0 saturated carbocycles. The van der Waals surface area contributed by atoms with Crippen molar-refractivity contribution in [1.29, 1.82) is 0 Å². The average Bonchev–Trinajstić information content (AvgIpc) is 3.23. The summed E-state index contributed by atoms with van der Waals surface area (Å²) in [6.07, 6.45) is 1.47. The van der Waals surface area contributed by atoms with Crippen molar-refractivity contribution in [3.05, 3.63) is 62.6 Å². The standard InChI is InChI=1S/C19H21FN4O2S/c1-13-12-27-19(26)24(13)11-18(25)23(2)8-4-7-16-10-17(22-21-16)14-5-3-6-15(20)9-14/h3,5-6,9-10,12H,4,7-8,11H2,1-2H3,(H,21,22). The summed E-state index contributed by atoms with van der Waals surface area (Å²) in [6.45, 7) is 2.46. The number of likely N-dealkylation sites (N-methyl/N-ethyl adjacent to an activating group) is 1. The second kappa shape index (κ2) is 8.30. The average molecular weight is 388 g/mol. The van der Waals surface area contributed by atoms with Crippen LogP contribution in [0.2, 0.25) is 0 Å². The van der Waals surface area contributed by atoms with Crippen molar-refractivity contribution in [3.8, 4) is 11.3 Å². The van der Waals surface area contributed by atoms with Gasteiger partial charge in [-0.2, -0.15) is 5.10 Å². The van der Waals surface area contributed by atoms with Crippen LogP contribution < -0.4 is 4.87 Å². The Morgan fingerprint density at radius 1 is 1.37 bits per heavy atom. The molecule has 0 aliphatic heterocycles. The van der Waals surface area contributed by atoms with Gasteiger partial charge in [-0.15, -0.1) is 0 Å². The number of aromatic amines is 1. The van der Waals surface area contributed by atoms with Gasteiger partial charge in [0.05, 0.1) is 5.69 Å². The number of aromatic nitrogens is 3. The van der Waals surface area contributed by atoms with Crippen LogP contribution in [0.1, 0.15) is 17.8 Å². The Labute approximate surface area is 160 Å². The van der Waals surface area contributed by atoms with Crippen LogP contribution in [0.3, 0.4) is 0 Å². The fourth-order valence-electron chi connectivity index (χ4n) is 2.77. The van der Waals surface area contributed by atoms with E-state index in [0.29, 0.717) is 12.2 Å². The number of halogens is 1. The van der Waals surface area contributed by atoms with Crippen LogP contribution in [0.15, 0.2) is 40.5 Å². The van der Waals surface area contributed by atoms with E-state index in [9.17, 15) is 14.0 Å². The number of hydrogen-bond donors (Lipinski definition) is 1. The molecule has 0 fully saturated rings. The zero-order chi connectivity index (χ0) is 19.4. The van der Waals surface area contributed by atoms with Crippen LogP contribution in [-0.4, -0.2) is 39.2 Å². The second-order valence-corrected chi connectivity index (χ2v) is 7.26. The Morgan fingerprint density at radius 2 is 2.19 bits per heavy atom. The lowest BCUT2D eigenvalue weighted by atomic mass is 10.1. The van der Waals surface area contributed by atoms with E-state index < -0.39 is 0 Å². The minimum Gasteiger partial charge on any atom is -0.344 e. The van der Waals surface area contributed by atoms with Crippen molar-refractivity contribution in [3.63, 3.8) is 0 Å². The largest absolute Gasteiger partial charge is 0.344 e. The van der Waals surface area contributed by atoms with Crippen LogP contribution in [0.4, 0.5) is 4.39 Å². The van der Waals surface area contributed by atoms with Crippen LogP contribution in [0, 0.1) is 12.7 Å². The number of rotatable bonds is 7. The molecule has 3 rings (SSSR count). The number of benzene rings is 1. The first-order chi connectivity index (χ1) is 12.9. The zero-order valence-corrected chi connectivity index (χ0v) is 16.1. The Balaban J connectivity index is 1.51. The van der Waals surface area contributed by atoms with Gasteiger partial charge in [-0.05, 0) is 38.0 Å². The zero-order valence-electron chi connectivity index (χ0n) is 15.2. The maximum Gasteiger partial charge on any atom is 0.307 e. The van der Waals surface area contributed by atoms with Crippen LogP contribution in [0.5, 0.6) is 0 Å². The lowest BCUT2D eigenvalue weighted by Crippen LogP contribution is -2.33. The predicted molar refractivity (Wildman–Crippen MR) is 103 cm³/mol. The van der Waals surface area contributed by atoms with Gasteiger partial charge in [0, 0.05) is 35.9 Å². The summed E-state index contributed by atoms with van der Waals surface area (Å²) < 4.78 is 14.8. The van der Waals surface area contributed by atoms with Crippen molar-refractivity contribution in [2.24, 2.45) is 0 Å². The Morgan fingerprint density at radius 3 is 2.89 bits per heavy atom. The van der Waals surface area contributed by atoms with Gasteiger partial charge in [-0.25, -0.2) is 4.39 Å². The third-order valence-corrected chi connectivity index (χ3v) is 5.27. The molecule has 0 atom stereocenters. The van der Waals surface area contributed by atoms with Crippen LogP contribution in [-0.2, 0) is 17.8 Å². The highest BCUT2D eigenvalue weighted by atomic mass is 32.1. The van der Waals surface area contributed by atoms with Crippen LogP contribution in [0.25, 0.3) is 11.3 Å². The van der Waals surface area contributed by atoms with Crippen molar-refractivity contribution in [2.75, 3.05) is 13.6 Å². The van der Waals surface area contributed by atoms with Crippen molar-refractivity contribution < 1.29 is 9.18 Å². The molecule has 0 saturated heterocycles. The third-order valence-electron chi connectivity index (χ3n) is 4.39. The van der Waals surface area contributed by atoms with Gasteiger partial charge in [0.15, 0.2) is 0 Å². The molecule has 0 unspecified atom stereocenters. The van der Waals surface area contributed by atoms with E-state index in [1.165, 1.54) is 16.7 Å². The summed E-state index contributed by atoms with van der Waals surface area (Å²) in [4.78, 5) is 25.5. The molecule has 0 bridgehead atoms. The normalized spacial score (nSPS) is 10.9. The van der Waals surface area contributed by atoms with E-state index in [2.05, 4.69) is 10.2 Å². The Hall–Kier alpha value is -2.74. The molecule has 6 nitrogen and oxygen atoms in total. The van der Waals surface area contributed by atoms with Crippen molar-refractivity contribution in [2.45, 2.75) is 26.3 Å². The van der Waals surface area contributed by atoms with Gasteiger partial charge in [0.25, 0.3) is 0 Å². The monoisotopic (exact) mass is 388 g/mol. The first kappa shape index (κ1) is 19.0. The fourth-order valence-corrected chi connectivity index (χ4v) is 3.50. The molecule has 0 aliphatic rings. The summed E-state index contributed by atoms with van der Waals surface area (Å²) in [5.41, 5.74) is 3.15. The molecule has 1 N–H and O–H groups in total. The molecule has 3 aromatic rings. The lowest BCUT2D eigenvalue weighted by Gasteiger charge is -2.17. The van der Waals surface area contributed by atoms with Crippen molar-refractivity contribution in [1.82, 2.24) is 19.7 Å². The first-order valence-electron chi connectivity index (χ1n) is 8.63. The summed E-state index contributed by atoms with van der Waals surface area (Å²) in [7, 11) is 1.74. The third kappa shape index (κ3) is 4.71. The van der Waals surface area contributed by atoms with Gasteiger partial charge in [0.2, 0.25) is 5.91 Å². The number of H-pyrrole nitrogens is 1. The molecule has 0 radical (unpaired) electrons. The summed E-state index contributed by atoms with van der Waals surface area (Å²) in [5, 5.41) is 8.93. The van der Waals surface area contributed by atoms with Gasteiger partial charge in [0.1, 0.15) is 12.4 Å². The molecule has 1 aromatic carbocycles. The Bertz CT molecular complexity index is 992. The molecule has 0 aliphatic carbocycles. The highest BCUT2D eigenvalue weighted by Crippen LogP contribution is 2.19. The van der Waals surface area contributed by atoms with E-state index >= 15 is 0 Å². The SMILES string of the molecule is Cc1csc(=O)n1CC(=O)N(C)CCCc1cc(-c2cccc(F)c2)n[nH]1. The van der Waals surface area contributed by atoms with E-state index in [0.717, 1.165) is 41.1 Å². The van der Waals surface area contributed by atoms with E-state index in [4.69, 9.17) is 0 Å². The Kier molecular flexibility index (Phi) is 5.85. The maximum atomic E-state index is 13.3. The molecule has 2 heterocycles. The molecule has 1 amide bonds. The number of thiazole rings is 1. The lowest BCUT2D eigenvalue weighted by molar-refractivity contribution is -0.130. The number of carbonyl (C=O) groups excluding carboxylic acids is 1. The van der Waals surface area contributed by atoms with Gasteiger partial charge in [-0.1, -0.05) is 23.5 Å². The molecular weight excluding hydrogens is 367 g/mol. The number of carbonyl (C=O) groups is 1. The number of amides is 1. The summed E-state index contributed by atoms with van der Waals surface area (Å²) in [6, 6.07) is 8.20. The topological polar surface area (TPSA) is 71.0 Å². The van der Waals surface area contributed by atoms with Crippen LogP contribution >= 0.6 is 11.3 Å². The highest BCUT2D eigenvalue weighted by Gasteiger charge is 2.13. The van der Waals surface area contributed by atoms with E-state index in [1.54, 1.807) is 23.4 Å². The molecule has 142 valence electrons. The molecule has 8 heteroatoms. The smallest absolute Gasteiger partial charge is 0.307 e. The number of nitrogens with one attached hydrogen (secondary N) is 1. The summed E-state index contributed by atoms with van der Waals surface area (Å²) >= 11 is 1.10. The van der Waals surface area contributed by atoms with Gasteiger partial charge in [-0.3, -0.25) is 19.3 Å². The van der Waals surface area contributed by atoms with Gasteiger partial charge < -0.3 is 4.90 Å². The highest BCUT2D eigenvalue weighted by molar-refractivity contribution is 7.07. The van der Waals surface area contributed by atoms with E-state index in [1.807, 2.05) is 19.1 Å².